The molecule has 2 heterocycles. The van der Waals surface area contributed by atoms with Gasteiger partial charge in [-0.05, 0) is 61.4 Å². The van der Waals surface area contributed by atoms with Crippen LogP contribution in [0.4, 0.5) is 0 Å². The lowest BCUT2D eigenvalue weighted by Crippen LogP contribution is -2.78. The average molecular weight is 653 g/mol. The van der Waals surface area contributed by atoms with Gasteiger partial charge in [0.05, 0.1) is 18.3 Å². The lowest BCUT2D eigenvalue weighted by molar-refractivity contribution is -0.329. The van der Waals surface area contributed by atoms with Crippen LogP contribution >= 0.6 is 11.3 Å². The zero-order chi connectivity index (χ0) is 33.4. The summed E-state index contributed by atoms with van der Waals surface area (Å²) in [5.74, 6) is -4.71. The molecule has 1 aromatic heterocycles. The maximum Gasteiger partial charge on any atom is 0.338 e. The van der Waals surface area contributed by atoms with Crippen LogP contribution in [0.15, 0.2) is 59.0 Å². The van der Waals surface area contributed by atoms with Crippen molar-refractivity contribution < 1.29 is 49.0 Å². The van der Waals surface area contributed by atoms with Crippen LogP contribution in [-0.2, 0) is 23.8 Å². The molecule has 246 valence electrons. The number of fused-ring (bicyclic) bond motifs is 5. The van der Waals surface area contributed by atoms with Gasteiger partial charge in [-0.15, -0.1) is 11.3 Å². The van der Waals surface area contributed by atoms with E-state index in [9.17, 15) is 34.8 Å². The highest BCUT2D eigenvalue weighted by Gasteiger charge is 2.74. The molecule has 1 aromatic carbocycles. The summed E-state index contributed by atoms with van der Waals surface area (Å²) in [6, 6.07) is 11.6. The molecule has 3 fully saturated rings. The van der Waals surface area contributed by atoms with Crippen molar-refractivity contribution in [3.63, 3.8) is 0 Å². The second-order valence-electron chi connectivity index (χ2n) is 13.9. The van der Waals surface area contributed by atoms with Gasteiger partial charge in [-0.2, -0.15) is 0 Å². The van der Waals surface area contributed by atoms with Crippen molar-refractivity contribution in [2.24, 2.45) is 16.7 Å². The SMILES string of the molecule is [CH]C(c1cccs1)C(O)C(=O)OC1CC2(O)C(OC(=O)c3ccccc3)C3C4(O)COC4CC[C@@]3(C)C(=O)C(O)C(=C1C)C2(C)C. The van der Waals surface area contributed by atoms with Crippen LogP contribution in [0, 0.1) is 23.7 Å². The molecular weight excluding hydrogens is 612 g/mol. The number of esters is 2. The third-order valence-corrected chi connectivity index (χ3v) is 12.2. The fourth-order valence-electron chi connectivity index (χ4n) is 8.39. The minimum absolute atomic E-state index is 0.125. The number of carbonyl (C=O) groups is 3. The number of carbonyl (C=O) groups excluding carboxylic acids is 3. The number of aliphatic hydroxyl groups excluding tert-OH is 2. The molecule has 3 aliphatic carbocycles. The third-order valence-electron chi connectivity index (χ3n) is 11.2. The number of hydrogen-bond acceptors (Lipinski definition) is 11. The fourth-order valence-corrected chi connectivity index (χ4v) is 9.15. The Labute approximate surface area is 272 Å². The van der Waals surface area contributed by atoms with Crippen LogP contribution < -0.4 is 0 Å². The van der Waals surface area contributed by atoms with E-state index in [0.717, 1.165) is 0 Å². The standard InChI is InChI=1S/C35H40O10S/c1-18-21(44-31(40)25(36)19(2)22-12-9-15-46-22)16-35(42)29(45-30(39)20-10-7-6-8-11-20)27-33(5,14-13-23-34(27,41)17-43-23)28(38)26(37)24(18)32(35,3)4/h2,6-12,15,19,21,23,25-27,29,36-37,41-42H,13-14,16-17H2,1,3-5H3/t19?,21?,23?,25?,26?,27?,29?,33-,34?,35?/m1/s1. The summed E-state index contributed by atoms with van der Waals surface area (Å²) in [5, 5.41) is 49.6. The van der Waals surface area contributed by atoms with Crippen LogP contribution in [-0.4, -0.2) is 86.5 Å². The smallest absolute Gasteiger partial charge is 0.338 e. The Morgan fingerprint density at radius 2 is 1.78 bits per heavy atom. The zero-order valence-electron chi connectivity index (χ0n) is 26.2. The summed E-state index contributed by atoms with van der Waals surface area (Å²) in [5.41, 5.74) is -5.98. The van der Waals surface area contributed by atoms with Crippen molar-refractivity contribution in [3.8, 4) is 0 Å². The first-order chi connectivity index (χ1) is 21.6. The van der Waals surface area contributed by atoms with E-state index in [0.29, 0.717) is 16.9 Å². The molecule has 2 saturated carbocycles. The second-order valence-corrected chi connectivity index (χ2v) is 14.9. The molecule has 46 heavy (non-hydrogen) atoms. The van der Waals surface area contributed by atoms with Gasteiger partial charge in [0.1, 0.15) is 29.5 Å². The minimum atomic E-state index is -2.10. The summed E-state index contributed by atoms with van der Waals surface area (Å²) < 4.78 is 17.7. The number of ketones is 1. The monoisotopic (exact) mass is 652 g/mol. The molecule has 1 aliphatic heterocycles. The lowest BCUT2D eigenvalue weighted by atomic mass is 9.45. The van der Waals surface area contributed by atoms with Gasteiger partial charge in [0.15, 0.2) is 11.9 Å². The van der Waals surface area contributed by atoms with Crippen molar-refractivity contribution in [1.82, 2.24) is 0 Å². The molecule has 10 nitrogen and oxygen atoms in total. The predicted molar refractivity (Wildman–Crippen MR) is 165 cm³/mol. The maximum absolute atomic E-state index is 14.4. The predicted octanol–water partition coefficient (Wildman–Crippen LogP) is 3.01. The summed E-state index contributed by atoms with van der Waals surface area (Å²) in [6.45, 7) is 12.5. The molecule has 0 amide bonds. The summed E-state index contributed by atoms with van der Waals surface area (Å²) in [6.07, 6.45) is -6.73. The second kappa shape index (κ2) is 11.4. The van der Waals surface area contributed by atoms with E-state index in [-0.39, 0.29) is 30.6 Å². The number of rotatable bonds is 6. The molecule has 0 spiro atoms. The number of hydrogen-bond donors (Lipinski definition) is 4. The van der Waals surface area contributed by atoms with E-state index in [1.165, 1.54) is 11.3 Å². The first-order valence-corrected chi connectivity index (χ1v) is 16.4. The maximum atomic E-state index is 14.4. The molecule has 11 heteroatoms. The molecule has 2 radical (unpaired) electrons. The molecule has 4 aliphatic rings. The van der Waals surface area contributed by atoms with Crippen LogP contribution in [0.2, 0.25) is 0 Å². The molecular formula is C35H40O10S. The molecule has 9 unspecified atom stereocenters. The van der Waals surface area contributed by atoms with Crippen molar-refractivity contribution in [2.75, 3.05) is 6.61 Å². The highest BCUT2D eigenvalue weighted by molar-refractivity contribution is 7.10. The zero-order valence-corrected chi connectivity index (χ0v) is 27.0. The molecule has 10 atom stereocenters. The van der Waals surface area contributed by atoms with Gasteiger partial charge in [0, 0.05) is 34.0 Å². The summed E-state index contributed by atoms with van der Waals surface area (Å²) in [7, 11) is 0. The Hall–Kier alpha value is -2.93. The Kier molecular flexibility index (Phi) is 8.14. The van der Waals surface area contributed by atoms with E-state index in [1.54, 1.807) is 75.5 Å². The molecule has 1 saturated heterocycles. The summed E-state index contributed by atoms with van der Waals surface area (Å²) >= 11 is 1.27. The Bertz CT molecular complexity index is 1550. The van der Waals surface area contributed by atoms with Crippen LogP contribution in [0.5, 0.6) is 0 Å². The van der Waals surface area contributed by atoms with Crippen molar-refractivity contribution in [2.45, 2.75) is 94.6 Å². The number of ether oxygens (including phenoxy) is 3. The van der Waals surface area contributed by atoms with Gasteiger partial charge in [-0.1, -0.05) is 45.0 Å². The van der Waals surface area contributed by atoms with Crippen LogP contribution in [0.1, 0.15) is 68.1 Å². The van der Waals surface area contributed by atoms with E-state index >= 15 is 0 Å². The van der Waals surface area contributed by atoms with E-state index < -0.39 is 82.1 Å². The highest BCUT2D eigenvalue weighted by atomic mass is 32.1. The van der Waals surface area contributed by atoms with E-state index in [1.807, 2.05) is 0 Å². The molecule has 6 rings (SSSR count). The number of benzene rings is 1. The van der Waals surface area contributed by atoms with Crippen LogP contribution in [0.25, 0.3) is 0 Å². The van der Waals surface area contributed by atoms with Crippen LogP contribution in [0.3, 0.4) is 0 Å². The normalized spacial score (nSPS) is 37.8. The summed E-state index contributed by atoms with van der Waals surface area (Å²) in [4.78, 5) is 42.1. The number of Topliss-reactive ketones (excluding diaryl/α,β-unsaturated/α-hetero) is 1. The highest BCUT2D eigenvalue weighted by Crippen LogP contribution is 2.63. The topological polar surface area (TPSA) is 160 Å². The minimum Gasteiger partial charge on any atom is -0.456 e. The van der Waals surface area contributed by atoms with Crippen molar-refractivity contribution >= 4 is 29.1 Å². The number of thiophene rings is 1. The lowest BCUT2D eigenvalue weighted by Gasteiger charge is -2.66. The molecule has 2 bridgehead atoms. The first-order valence-electron chi connectivity index (χ1n) is 15.5. The van der Waals surface area contributed by atoms with Gasteiger partial charge >= 0.3 is 11.9 Å². The van der Waals surface area contributed by atoms with Crippen molar-refractivity contribution in [3.05, 3.63) is 76.4 Å². The fraction of sp³-hybridized carbons (Fsp3) is 0.543. The number of aliphatic hydroxyl groups is 4. The molecule has 2 aromatic rings. The Morgan fingerprint density at radius 1 is 1.09 bits per heavy atom. The third kappa shape index (κ3) is 4.73. The Morgan fingerprint density at radius 3 is 2.39 bits per heavy atom. The van der Waals surface area contributed by atoms with Gasteiger partial charge in [0.2, 0.25) is 0 Å². The van der Waals surface area contributed by atoms with Gasteiger partial charge in [0.25, 0.3) is 0 Å². The molecule has 4 N–H and O–H groups in total. The van der Waals surface area contributed by atoms with Gasteiger partial charge in [-0.25, -0.2) is 9.59 Å². The Balaban J connectivity index is 1.48. The quantitative estimate of drug-likeness (QED) is 0.270. The average Bonchev–Trinajstić information content (AvgIpc) is 3.56. The van der Waals surface area contributed by atoms with Gasteiger partial charge < -0.3 is 34.6 Å². The first kappa shape index (κ1) is 33.0. The van der Waals surface area contributed by atoms with E-state index in [4.69, 9.17) is 21.1 Å². The van der Waals surface area contributed by atoms with Gasteiger partial charge in [-0.3, -0.25) is 4.79 Å². The van der Waals surface area contributed by atoms with E-state index in [2.05, 4.69) is 0 Å². The largest absolute Gasteiger partial charge is 0.456 e. The van der Waals surface area contributed by atoms with Crippen molar-refractivity contribution in [1.29, 1.82) is 0 Å².